The third-order valence-corrected chi connectivity index (χ3v) is 6.24. The molecule has 0 aliphatic rings. The second-order valence-electron chi connectivity index (χ2n) is 6.86. The number of benzene rings is 2. The zero-order valence-corrected chi connectivity index (χ0v) is 18.9. The molecular formula is C24H22N2O5S. The number of ketones is 1. The summed E-state index contributed by atoms with van der Waals surface area (Å²) in [7, 11) is 6.25. The SMILES string of the molecule is COc1ccc(C(=O)c2sc3nc(-c4ccc(OC)c(OC)c4)ccc3c2N)cc1OC. The molecule has 32 heavy (non-hydrogen) atoms. The van der Waals surface area contributed by atoms with E-state index in [2.05, 4.69) is 0 Å². The van der Waals surface area contributed by atoms with E-state index in [9.17, 15) is 4.79 Å². The normalized spacial score (nSPS) is 10.8. The van der Waals surface area contributed by atoms with Crippen LogP contribution in [0.15, 0.2) is 48.5 Å². The van der Waals surface area contributed by atoms with Gasteiger partial charge in [-0.05, 0) is 48.5 Å². The summed E-state index contributed by atoms with van der Waals surface area (Å²) in [6.07, 6.45) is 0. The number of hydrogen-bond acceptors (Lipinski definition) is 8. The average molecular weight is 451 g/mol. The number of pyridine rings is 1. The molecule has 2 heterocycles. The molecule has 0 fully saturated rings. The zero-order valence-electron chi connectivity index (χ0n) is 18.1. The van der Waals surface area contributed by atoms with Crippen molar-refractivity contribution >= 4 is 33.0 Å². The van der Waals surface area contributed by atoms with E-state index in [0.717, 1.165) is 16.6 Å². The van der Waals surface area contributed by atoms with Crippen molar-refractivity contribution in [2.45, 2.75) is 0 Å². The van der Waals surface area contributed by atoms with Gasteiger partial charge < -0.3 is 24.7 Å². The van der Waals surface area contributed by atoms with Crippen LogP contribution < -0.4 is 24.7 Å². The Labute approximate surface area is 189 Å². The summed E-state index contributed by atoms with van der Waals surface area (Å²) in [6, 6.07) is 14.4. The van der Waals surface area contributed by atoms with E-state index in [1.807, 2.05) is 30.3 Å². The van der Waals surface area contributed by atoms with Crippen LogP contribution in [0.2, 0.25) is 0 Å². The van der Waals surface area contributed by atoms with E-state index in [-0.39, 0.29) is 5.78 Å². The Hall–Kier alpha value is -3.78. The summed E-state index contributed by atoms with van der Waals surface area (Å²) in [4.78, 5) is 19.0. The maximum Gasteiger partial charge on any atom is 0.205 e. The molecule has 0 bridgehead atoms. The lowest BCUT2D eigenvalue weighted by Crippen LogP contribution is -2.03. The number of nitrogen functional groups attached to an aromatic ring is 1. The first-order chi connectivity index (χ1) is 15.5. The Balaban J connectivity index is 1.74. The monoisotopic (exact) mass is 450 g/mol. The van der Waals surface area contributed by atoms with Crippen LogP contribution in [0.5, 0.6) is 23.0 Å². The molecule has 0 unspecified atom stereocenters. The van der Waals surface area contributed by atoms with Crippen LogP contribution in [-0.4, -0.2) is 39.2 Å². The minimum absolute atomic E-state index is 0.195. The lowest BCUT2D eigenvalue weighted by atomic mass is 10.1. The Kier molecular flexibility index (Phi) is 5.87. The van der Waals surface area contributed by atoms with Gasteiger partial charge in [0.1, 0.15) is 9.71 Å². The predicted octanol–water partition coefficient (Wildman–Crippen LogP) is 4.81. The van der Waals surface area contributed by atoms with E-state index in [4.69, 9.17) is 29.7 Å². The number of methoxy groups -OCH3 is 4. The van der Waals surface area contributed by atoms with Crippen LogP contribution in [-0.2, 0) is 0 Å². The number of nitrogens with zero attached hydrogens (tertiary/aromatic N) is 1. The number of rotatable bonds is 7. The maximum absolute atomic E-state index is 13.2. The molecule has 0 atom stereocenters. The first-order valence-corrected chi connectivity index (χ1v) is 10.5. The number of hydrogen-bond donors (Lipinski definition) is 1. The van der Waals surface area contributed by atoms with Crippen LogP contribution >= 0.6 is 11.3 Å². The van der Waals surface area contributed by atoms with Gasteiger partial charge in [0.15, 0.2) is 23.0 Å². The molecule has 164 valence electrons. The van der Waals surface area contributed by atoms with E-state index in [1.165, 1.54) is 18.4 Å². The molecule has 4 aromatic rings. The minimum atomic E-state index is -0.195. The fraction of sp³-hybridized carbons (Fsp3) is 0.167. The maximum atomic E-state index is 13.2. The van der Waals surface area contributed by atoms with E-state index >= 15 is 0 Å². The zero-order chi connectivity index (χ0) is 22.8. The number of ether oxygens (including phenoxy) is 4. The molecule has 0 aliphatic carbocycles. The third kappa shape index (κ3) is 3.69. The summed E-state index contributed by atoms with van der Waals surface area (Å²) in [5.74, 6) is 2.09. The van der Waals surface area contributed by atoms with Gasteiger partial charge in [0.05, 0.1) is 39.8 Å². The van der Waals surface area contributed by atoms with Crippen molar-refractivity contribution in [2.24, 2.45) is 0 Å². The van der Waals surface area contributed by atoms with Gasteiger partial charge in [-0.15, -0.1) is 11.3 Å². The van der Waals surface area contributed by atoms with Crippen molar-refractivity contribution in [2.75, 3.05) is 34.2 Å². The lowest BCUT2D eigenvalue weighted by molar-refractivity contribution is 0.104. The molecule has 0 saturated heterocycles. The van der Waals surface area contributed by atoms with Crippen LogP contribution in [0.1, 0.15) is 15.2 Å². The Morgan fingerprint density at radius 3 is 2.09 bits per heavy atom. The van der Waals surface area contributed by atoms with Crippen LogP contribution in [0, 0.1) is 0 Å². The Bertz CT molecular complexity index is 1320. The van der Waals surface area contributed by atoms with Gasteiger partial charge in [-0.3, -0.25) is 4.79 Å². The summed E-state index contributed by atoms with van der Waals surface area (Å²) in [5, 5.41) is 0.739. The fourth-order valence-electron chi connectivity index (χ4n) is 3.43. The van der Waals surface area contributed by atoms with Crippen molar-refractivity contribution in [3.63, 3.8) is 0 Å². The van der Waals surface area contributed by atoms with Gasteiger partial charge in [-0.1, -0.05) is 0 Å². The summed E-state index contributed by atoms with van der Waals surface area (Å²) < 4.78 is 21.3. The van der Waals surface area contributed by atoms with E-state index in [0.29, 0.717) is 44.0 Å². The Morgan fingerprint density at radius 1 is 0.812 bits per heavy atom. The topological polar surface area (TPSA) is 92.9 Å². The molecule has 2 N–H and O–H groups in total. The first kappa shape index (κ1) is 21.5. The van der Waals surface area contributed by atoms with Crippen LogP contribution in [0.25, 0.3) is 21.5 Å². The first-order valence-electron chi connectivity index (χ1n) is 9.68. The molecule has 2 aromatic heterocycles. The number of thiophene rings is 1. The standard InChI is InChI=1S/C24H22N2O5S/c1-28-17-9-5-13(11-19(17)30-3)16-8-7-15-21(25)23(32-24(15)26-16)22(27)14-6-10-18(29-2)20(12-14)31-4/h5-12H,25H2,1-4H3. The lowest BCUT2D eigenvalue weighted by Gasteiger charge is -2.09. The molecular weight excluding hydrogens is 428 g/mol. The van der Waals surface area contributed by atoms with Gasteiger partial charge in [0.25, 0.3) is 0 Å². The number of carbonyl (C=O) groups is 1. The van der Waals surface area contributed by atoms with Crippen LogP contribution in [0.3, 0.4) is 0 Å². The number of anilines is 1. The molecule has 7 nitrogen and oxygen atoms in total. The molecule has 0 aliphatic heterocycles. The van der Waals surface area contributed by atoms with Gasteiger partial charge >= 0.3 is 0 Å². The number of aromatic nitrogens is 1. The summed E-state index contributed by atoms with van der Waals surface area (Å²) in [6.45, 7) is 0. The molecule has 4 rings (SSSR count). The number of nitrogens with two attached hydrogens (primary N) is 1. The quantitative estimate of drug-likeness (QED) is 0.404. The van der Waals surface area contributed by atoms with Gasteiger partial charge in [0, 0.05) is 16.5 Å². The Morgan fingerprint density at radius 2 is 1.44 bits per heavy atom. The second-order valence-corrected chi connectivity index (χ2v) is 7.86. The van der Waals surface area contributed by atoms with Crippen LogP contribution in [0.4, 0.5) is 5.69 Å². The highest BCUT2D eigenvalue weighted by Gasteiger charge is 2.21. The fourth-order valence-corrected chi connectivity index (χ4v) is 4.49. The highest BCUT2D eigenvalue weighted by atomic mass is 32.1. The highest BCUT2D eigenvalue weighted by Crippen LogP contribution is 2.38. The van der Waals surface area contributed by atoms with Crippen molar-refractivity contribution in [3.8, 4) is 34.3 Å². The van der Waals surface area contributed by atoms with Crippen molar-refractivity contribution < 1.29 is 23.7 Å². The van der Waals surface area contributed by atoms with Crippen molar-refractivity contribution in [1.29, 1.82) is 0 Å². The predicted molar refractivity (Wildman–Crippen MR) is 126 cm³/mol. The summed E-state index contributed by atoms with van der Waals surface area (Å²) >= 11 is 1.26. The van der Waals surface area contributed by atoms with Crippen molar-refractivity contribution in [3.05, 3.63) is 59.0 Å². The van der Waals surface area contributed by atoms with E-state index < -0.39 is 0 Å². The molecule has 0 radical (unpaired) electrons. The second kappa shape index (κ2) is 8.76. The van der Waals surface area contributed by atoms with Crippen molar-refractivity contribution in [1.82, 2.24) is 4.98 Å². The molecule has 0 saturated carbocycles. The largest absolute Gasteiger partial charge is 0.493 e. The third-order valence-electron chi connectivity index (χ3n) is 5.13. The average Bonchev–Trinajstić information content (AvgIpc) is 3.18. The summed E-state index contributed by atoms with van der Waals surface area (Å²) in [5.41, 5.74) is 8.81. The van der Waals surface area contributed by atoms with Gasteiger partial charge in [-0.25, -0.2) is 4.98 Å². The molecule has 0 amide bonds. The molecule has 0 spiro atoms. The number of fused-ring (bicyclic) bond motifs is 1. The van der Waals surface area contributed by atoms with Gasteiger partial charge in [0.2, 0.25) is 5.78 Å². The smallest absolute Gasteiger partial charge is 0.205 e. The number of carbonyl (C=O) groups excluding carboxylic acids is 1. The highest BCUT2D eigenvalue weighted by molar-refractivity contribution is 7.21. The molecule has 8 heteroatoms. The van der Waals surface area contributed by atoms with E-state index in [1.54, 1.807) is 39.5 Å². The van der Waals surface area contributed by atoms with Gasteiger partial charge in [-0.2, -0.15) is 0 Å². The minimum Gasteiger partial charge on any atom is -0.493 e. The molecule has 2 aromatic carbocycles.